The number of rotatable bonds is 3. The summed E-state index contributed by atoms with van der Waals surface area (Å²) in [7, 11) is 0. The molecule has 1 amide bonds. The molecule has 4 nitrogen and oxygen atoms in total. The summed E-state index contributed by atoms with van der Waals surface area (Å²) in [5, 5.41) is 10.3. The quantitative estimate of drug-likeness (QED) is 0.927. The van der Waals surface area contributed by atoms with Crippen LogP contribution in [0.5, 0.6) is 0 Å². The molecule has 1 aromatic carbocycles. The third-order valence-electron chi connectivity index (χ3n) is 3.76. The first-order valence-electron chi connectivity index (χ1n) is 7.69. The van der Waals surface area contributed by atoms with Gasteiger partial charge in [-0.05, 0) is 57.7 Å². The first kappa shape index (κ1) is 16.7. The Morgan fingerprint density at radius 3 is 2.64 bits per heavy atom. The molecule has 2 atom stereocenters. The fraction of sp³-hybridized carbons (Fsp3) is 0.588. The van der Waals surface area contributed by atoms with Crippen LogP contribution in [-0.2, 0) is 4.74 Å². The highest BCUT2D eigenvalue weighted by Crippen LogP contribution is 2.28. The van der Waals surface area contributed by atoms with Gasteiger partial charge in [0.1, 0.15) is 11.4 Å². The molecule has 0 aliphatic carbocycles. The number of benzene rings is 1. The highest BCUT2D eigenvalue weighted by Gasteiger charge is 2.33. The van der Waals surface area contributed by atoms with E-state index in [-0.39, 0.29) is 18.0 Å². The molecule has 0 spiro atoms. The Labute approximate surface area is 130 Å². The SMILES string of the molecule is CC(C)(C)OC(=O)N1CCCC1CC(O)c1ccc(F)cc1. The van der Waals surface area contributed by atoms with Gasteiger partial charge in [0.25, 0.3) is 0 Å². The van der Waals surface area contributed by atoms with Crippen molar-refractivity contribution in [3.8, 4) is 0 Å². The molecule has 5 heteroatoms. The summed E-state index contributed by atoms with van der Waals surface area (Å²) in [6.45, 7) is 6.16. The Hall–Kier alpha value is -1.62. The molecule has 22 heavy (non-hydrogen) atoms. The summed E-state index contributed by atoms with van der Waals surface area (Å²) in [5.41, 5.74) is 0.136. The van der Waals surface area contributed by atoms with E-state index < -0.39 is 11.7 Å². The summed E-state index contributed by atoms with van der Waals surface area (Å²) < 4.78 is 18.3. The van der Waals surface area contributed by atoms with Gasteiger partial charge in [0, 0.05) is 12.6 Å². The largest absolute Gasteiger partial charge is 0.444 e. The van der Waals surface area contributed by atoms with Crippen molar-refractivity contribution >= 4 is 6.09 Å². The number of aliphatic hydroxyl groups is 1. The van der Waals surface area contributed by atoms with Gasteiger partial charge in [0.2, 0.25) is 0 Å². The second-order valence-corrected chi connectivity index (χ2v) is 6.77. The number of hydrogen-bond acceptors (Lipinski definition) is 3. The molecule has 0 radical (unpaired) electrons. The van der Waals surface area contributed by atoms with Crippen LogP contribution in [0.15, 0.2) is 24.3 Å². The number of likely N-dealkylation sites (tertiary alicyclic amines) is 1. The summed E-state index contributed by atoms with van der Waals surface area (Å²) >= 11 is 0. The van der Waals surface area contributed by atoms with Gasteiger partial charge in [0.05, 0.1) is 6.10 Å². The molecule has 2 unspecified atom stereocenters. The molecule has 1 aliphatic rings. The third kappa shape index (κ3) is 4.44. The minimum Gasteiger partial charge on any atom is -0.444 e. The van der Waals surface area contributed by atoms with Crippen molar-refractivity contribution in [1.82, 2.24) is 4.90 Å². The summed E-state index contributed by atoms with van der Waals surface area (Å²) in [6, 6.07) is 5.77. The van der Waals surface area contributed by atoms with Gasteiger partial charge in [-0.2, -0.15) is 0 Å². The number of carbonyl (C=O) groups excluding carboxylic acids is 1. The van der Waals surface area contributed by atoms with Crippen LogP contribution in [0.25, 0.3) is 0 Å². The maximum Gasteiger partial charge on any atom is 0.410 e. The van der Waals surface area contributed by atoms with E-state index in [0.29, 0.717) is 18.5 Å². The third-order valence-corrected chi connectivity index (χ3v) is 3.76. The van der Waals surface area contributed by atoms with Gasteiger partial charge in [0.15, 0.2) is 0 Å². The van der Waals surface area contributed by atoms with Crippen LogP contribution < -0.4 is 0 Å². The molecular formula is C17H24FNO3. The molecular weight excluding hydrogens is 285 g/mol. The molecule has 1 aliphatic heterocycles. The van der Waals surface area contributed by atoms with Gasteiger partial charge < -0.3 is 14.7 Å². The first-order valence-corrected chi connectivity index (χ1v) is 7.69. The van der Waals surface area contributed by atoms with E-state index in [9.17, 15) is 14.3 Å². The molecule has 2 rings (SSSR count). The van der Waals surface area contributed by atoms with Crippen LogP contribution in [0, 0.1) is 5.82 Å². The molecule has 0 bridgehead atoms. The Morgan fingerprint density at radius 1 is 1.41 bits per heavy atom. The number of amides is 1. The highest BCUT2D eigenvalue weighted by molar-refractivity contribution is 5.68. The number of aliphatic hydroxyl groups excluding tert-OH is 1. The van der Waals surface area contributed by atoms with Crippen LogP contribution in [0.3, 0.4) is 0 Å². The maximum atomic E-state index is 12.9. The van der Waals surface area contributed by atoms with Crippen molar-refractivity contribution in [3.05, 3.63) is 35.6 Å². The molecule has 1 saturated heterocycles. The molecule has 0 aromatic heterocycles. The number of carbonyl (C=O) groups is 1. The number of ether oxygens (including phenoxy) is 1. The van der Waals surface area contributed by atoms with Gasteiger partial charge >= 0.3 is 6.09 Å². The topological polar surface area (TPSA) is 49.8 Å². The monoisotopic (exact) mass is 309 g/mol. The van der Waals surface area contributed by atoms with E-state index in [1.54, 1.807) is 17.0 Å². The first-order chi connectivity index (χ1) is 10.3. The Kier molecular flexibility index (Phi) is 5.06. The normalized spacial score (nSPS) is 20.0. The summed E-state index contributed by atoms with van der Waals surface area (Å²) in [5.74, 6) is -0.327. The van der Waals surface area contributed by atoms with Crippen molar-refractivity contribution in [2.75, 3.05) is 6.54 Å². The summed E-state index contributed by atoms with van der Waals surface area (Å²) in [4.78, 5) is 13.9. The molecule has 0 saturated carbocycles. The average Bonchev–Trinajstić information content (AvgIpc) is 2.85. The average molecular weight is 309 g/mol. The fourth-order valence-corrected chi connectivity index (χ4v) is 2.72. The van der Waals surface area contributed by atoms with Crippen LogP contribution in [0.1, 0.15) is 51.7 Å². The highest BCUT2D eigenvalue weighted by atomic mass is 19.1. The van der Waals surface area contributed by atoms with Crippen molar-refractivity contribution in [2.24, 2.45) is 0 Å². The van der Waals surface area contributed by atoms with E-state index in [1.165, 1.54) is 12.1 Å². The lowest BCUT2D eigenvalue weighted by Crippen LogP contribution is -2.40. The molecule has 1 aromatic rings. The zero-order chi connectivity index (χ0) is 16.3. The maximum absolute atomic E-state index is 12.9. The minimum atomic E-state index is -0.714. The minimum absolute atomic E-state index is 0.0464. The molecule has 1 N–H and O–H groups in total. The second kappa shape index (κ2) is 6.65. The van der Waals surface area contributed by atoms with E-state index in [1.807, 2.05) is 20.8 Å². The second-order valence-electron chi connectivity index (χ2n) is 6.77. The van der Waals surface area contributed by atoms with Crippen molar-refractivity contribution in [2.45, 2.75) is 57.8 Å². The standard InChI is InChI=1S/C17H24FNO3/c1-17(2,3)22-16(21)19-10-4-5-14(19)11-15(20)12-6-8-13(18)9-7-12/h6-9,14-15,20H,4-5,10-11H2,1-3H3. The van der Waals surface area contributed by atoms with Gasteiger partial charge in [-0.25, -0.2) is 9.18 Å². The lowest BCUT2D eigenvalue weighted by Gasteiger charge is -2.29. The van der Waals surface area contributed by atoms with E-state index in [2.05, 4.69) is 0 Å². The fourth-order valence-electron chi connectivity index (χ4n) is 2.72. The van der Waals surface area contributed by atoms with Gasteiger partial charge in [-0.15, -0.1) is 0 Å². The Bertz CT molecular complexity index is 510. The van der Waals surface area contributed by atoms with Crippen molar-refractivity contribution in [3.63, 3.8) is 0 Å². The van der Waals surface area contributed by atoms with E-state index in [0.717, 1.165) is 12.8 Å². The smallest absolute Gasteiger partial charge is 0.410 e. The van der Waals surface area contributed by atoms with Crippen molar-refractivity contribution < 1.29 is 19.0 Å². The van der Waals surface area contributed by atoms with Crippen LogP contribution in [0.2, 0.25) is 0 Å². The van der Waals surface area contributed by atoms with E-state index >= 15 is 0 Å². The number of nitrogens with zero attached hydrogens (tertiary/aromatic N) is 1. The van der Waals surface area contributed by atoms with Gasteiger partial charge in [-0.1, -0.05) is 12.1 Å². The lowest BCUT2D eigenvalue weighted by molar-refractivity contribution is 0.0178. The van der Waals surface area contributed by atoms with Crippen LogP contribution in [-0.4, -0.2) is 34.3 Å². The van der Waals surface area contributed by atoms with E-state index in [4.69, 9.17) is 4.74 Å². The van der Waals surface area contributed by atoms with Crippen LogP contribution in [0.4, 0.5) is 9.18 Å². The Balaban J connectivity index is 1.98. The zero-order valence-electron chi connectivity index (χ0n) is 13.4. The van der Waals surface area contributed by atoms with Crippen LogP contribution >= 0.6 is 0 Å². The molecule has 1 heterocycles. The van der Waals surface area contributed by atoms with Gasteiger partial charge in [-0.3, -0.25) is 0 Å². The number of halogens is 1. The predicted octanol–water partition coefficient (Wildman–Crippen LogP) is 3.65. The summed E-state index contributed by atoms with van der Waals surface area (Å²) in [6.07, 6.45) is 1.14. The van der Waals surface area contributed by atoms with Crippen molar-refractivity contribution in [1.29, 1.82) is 0 Å². The molecule has 1 fully saturated rings. The Morgan fingerprint density at radius 2 is 2.05 bits per heavy atom. The molecule has 122 valence electrons. The predicted molar refractivity (Wildman–Crippen MR) is 81.9 cm³/mol. The lowest BCUT2D eigenvalue weighted by atomic mass is 10.0. The zero-order valence-corrected chi connectivity index (χ0v) is 13.4. The number of hydrogen-bond donors (Lipinski definition) is 1.